The molecule has 1 fully saturated rings. The molecule has 3 heterocycles. The van der Waals surface area contributed by atoms with Crippen LogP contribution in [0.15, 0.2) is 6.33 Å². The van der Waals surface area contributed by atoms with Gasteiger partial charge in [-0.25, -0.2) is 4.98 Å². The number of ether oxygens (including phenoxy) is 1. The van der Waals surface area contributed by atoms with E-state index in [2.05, 4.69) is 35.5 Å². The Labute approximate surface area is 126 Å². The summed E-state index contributed by atoms with van der Waals surface area (Å²) in [6.45, 7) is 3.45. The number of aromatic nitrogens is 6. The summed E-state index contributed by atoms with van der Waals surface area (Å²) in [5, 5.41) is 9.87. The van der Waals surface area contributed by atoms with E-state index in [1.54, 1.807) is 0 Å². The highest BCUT2D eigenvalue weighted by molar-refractivity contribution is 6.28. The fraction of sp³-hybridized carbons (Fsp3) is 0.545. The largest absolute Gasteiger partial charge is 0.378 e. The Morgan fingerprint density at radius 3 is 2.90 bits per heavy atom. The average Bonchev–Trinajstić information content (AvgIpc) is 3.01. The Morgan fingerprint density at radius 2 is 2.14 bits per heavy atom. The van der Waals surface area contributed by atoms with Crippen molar-refractivity contribution < 1.29 is 4.74 Å². The molecule has 2 aromatic heterocycles. The van der Waals surface area contributed by atoms with Crippen LogP contribution in [0.4, 0.5) is 11.9 Å². The molecule has 1 aliphatic rings. The molecule has 1 saturated heterocycles. The number of hydrogen-bond acceptors (Lipinski definition) is 8. The zero-order valence-electron chi connectivity index (χ0n) is 11.3. The summed E-state index contributed by atoms with van der Waals surface area (Å²) in [5.41, 5.74) is 0. The van der Waals surface area contributed by atoms with E-state index >= 15 is 0 Å². The quantitative estimate of drug-likeness (QED) is 0.803. The molecule has 1 aliphatic heterocycles. The van der Waals surface area contributed by atoms with Gasteiger partial charge < -0.3 is 15.0 Å². The molecule has 112 valence electrons. The minimum atomic E-state index is 0.175. The van der Waals surface area contributed by atoms with Crippen molar-refractivity contribution in [1.29, 1.82) is 0 Å². The maximum Gasteiger partial charge on any atom is 0.231 e. The third-order valence-corrected chi connectivity index (χ3v) is 3.17. The third kappa shape index (κ3) is 3.76. The molecule has 0 saturated carbocycles. The summed E-state index contributed by atoms with van der Waals surface area (Å²) in [6.07, 6.45) is 2.17. The van der Waals surface area contributed by atoms with Crippen LogP contribution in [0, 0.1) is 0 Å². The molecule has 10 heteroatoms. The number of anilines is 2. The second kappa shape index (κ2) is 6.64. The monoisotopic (exact) mass is 310 g/mol. The lowest BCUT2D eigenvalue weighted by molar-refractivity contribution is 0.122. The summed E-state index contributed by atoms with van der Waals surface area (Å²) in [5.74, 6) is 1.83. The molecule has 2 N–H and O–H groups in total. The van der Waals surface area contributed by atoms with Crippen molar-refractivity contribution in [1.82, 2.24) is 30.1 Å². The first-order chi connectivity index (χ1) is 10.3. The van der Waals surface area contributed by atoms with Gasteiger partial charge >= 0.3 is 0 Å². The molecule has 2 aromatic rings. The van der Waals surface area contributed by atoms with Crippen LogP contribution in [0.5, 0.6) is 0 Å². The highest BCUT2D eigenvalue weighted by Gasteiger charge is 2.15. The second-order valence-electron chi connectivity index (χ2n) is 4.44. The van der Waals surface area contributed by atoms with Crippen molar-refractivity contribution >= 4 is 23.5 Å². The summed E-state index contributed by atoms with van der Waals surface area (Å²) < 4.78 is 5.31. The van der Waals surface area contributed by atoms with Gasteiger partial charge in [0.1, 0.15) is 12.2 Å². The number of morpholine rings is 1. The number of hydrogen-bond donors (Lipinski definition) is 2. The van der Waals surface area contributed by atoms with E-state index in [0.717, 1.165) is 18.9 Å². The smallest absolute Gasteiger partial charge is 0.231 e. The first-order valence-electron chi connectivity index (χ1n) is 6.63. The van der Waals surface area contributed by atoms with E-state index < -0.39 is 0 Å². The molecule has 21 heavy (non-hydrogen) atoms. The van der Waals surface area contributed by atoms with Crippen LogP contribution in [0.25, 0.3) is 0 Å². The van der Waals surface area contributed by atoms with Gasteiger partial charge in [0.05, 0.1) is 13.2 Å². The highest BCUT2D eigenvalue weighted by Crippen LogP contribution is 2.14. The summed E-state index contributed by atoms with van der Waals surface area (Å²) in [7, 11) is 0. The fourth-order valence-electron chi connectivity index (χ4n) is 1.97. The number of H-pyrrole nitrogens is 1. The molecule has 0 radical (unpaired) electrons. The van der Waals surface area contributed by atoms with E-state index in [4.69, 9.17) is 16.3 Å². The predicted octanol–water partition coefficient (Wildman–Crippen LogP) is 0.134. The Kier molecular flexibility index (Phi) is 4.41. The normalized spacial score (nSPS) is 15.2. The van der Waals surface area contributed by atoms with E-state index in [0.29, 0.717) is 38.1 Å². The van der Waals surface area contributed by atoms with Crippen molar-refractivity contribution in [2.75, 3.05) is 43.1 Å². The van der Waals surface area contributed by atoms with E-state index in [1.807, 2.05) is 4.90 Å². The molecular formula is C11H15ClN8O. The first-order valence-corrected chi connectivity index (χ1v) is 7.01. The predicted molar refractivity (Wildman–Crippen MR) is 76.4 cm³/mol. The minimum Gasteiger partial charge on any atom is -0.378 e. The van der Waals surface area contributed by atoms with Gasteiger partial charge in [-0.15, -0.1) is 0 Å². The van der Waals surface area contributed by atoms with Crippen LogP contribution >= 0.6 is 11.6 Å². The first kappa shape index (κ1) is 14.0. The maximum absolute atomic E-state index is 5.96. The lowest BCUT2D eigenvalue weighted by atomic mass is 10.4. The molecule has 0 bridgehead atoms. The van der Waals surface area contributed by atoms with Crippen LogP contribution in [0.1, 0.15) is 5.82 Å². The van der Waals surface area contributed by atoms with Crippen LogP contribution in [-0.4, -0.2) is 63.0 Å². The Morgan fingerprint density at radius 1 is 1.29 bits per heavy atom. The summed E-state index contributed by atoms with van der Waals surface area (Å²) in [4.78, 5) is 18.7. The molecule has 0 aliphatic carbocycles. The fourth-order valence-corrected chi connectivity index (χ4v) is 2.12. The van der Waals surface area contributed by atoms with E-state index in [1.165, 1.54) is 6.33 Å². The lowest BCUT2D eigenvalue weighted by Crippen LogP contribution is -2.37. The molecule has 0 spiro atoms. The van der Waals surface area contributed by atoms with Gasteiger partial charge in [-0.2, -0.15) is 20.1 Å². The Bertz CT molecular complexity index is 572. The van der Waals surface area contributed by atoms with Gasteiger partial charge in [-0.3, -0.25) is 5.10 Å². The molecular weight excluding hydrogens is 296 g/mol. The zero-order chi connectivity index (χ0) is 14.5. The Balaban J connectivity index is 1.63. The maximum atomic E-state index is 5.96. The third-order valence-electron chi connectivity index (χ3n) is 3.00. The number of nitrogens with one attached hydrogen (secondary N) is 2. The molecule has 0 aromatic carbocycles. The highest BCUT2D eigenvalue weighted by atomic mass is 35.5. The SMILES string of the molecule is Clc1nc(NCCc2ncn[nH]2)nc(N2CCOCC2)n1. The molecule has 3 rings (SSSR count). The topological polar surface area (TPSA) is 105 Å². The van der Waals surface area contributed by atoms with Gasteiger partial charge in [-0.1, -0.05) is 0 Å². The van der Waals surface area contributed by atoms with Crippen molar-refractivity contribution in [3.8, 4) is 0 Å². The number of aromatic amines is 1. The van der Waals surface area contributed by atoms with Crippen LogP contribution in [0.2, 0.25) is 5.28 Å². The molecule has 0 atom stereocenters. The standard InChI is InChI=1S/C11H15ClN8O/c12-9-16-10(13-2-1-8-14-7-15-19-8)18-11(17-9)20-3-5-21-6-4-20/h7H,1-6H2,(H,14,15,19)(H,13,16,17,18). The van der Waals surface area contributed by atoms with E-state index in [-0.39, 0.29) is 5.28 Å². The number of halogens is 1. The van der Waals surface area contributed by atoms with Crippen molar-refractivity contribution in [3.63, 3.8) is 0 Å². The van der Waals surface area contributed by atoms with Gasteiger partial charge in [-0.05, 0) is 11.6 Å². The van der Waals surface area contributed by atoms with Gasteiger partial charge in [0.25, 0.3) is 0 Å². The van der Waals surface area contributed by atoms with Gasteiger partial charge in [0.15, 0.2) is 0 Å². The Hall–Kier alpha value is -2.00. The second-order valence-corrected chi connectivity index (χ2v) is 4.77. The van der Waals surface area contributed by atoms with Crippen LogP contribution in [0.3, 0.4) is 0 Å². The molecule has 0 amide bonds. The van der Waals surface area contributed by atoms with Crippen molar-refractivity contribution in [2.24, 2.45) is 0 Å². The zero-order valence-corrected chi connectivity index (χ0v) is 12.0. The number of nitrogens with zero attached hydrogens (tertiary/aromatic N) is 6. The number of rotatable bonds is 5. The van der Waals surface area contributed by atoms with Crippen molar-refractivity contribution in [3.05, 3.63) is 17.4 Å². The van der Waals surface area contributed by atoms with Gasteiger partial charge in [0.2, 0.25) is 17.2 Å². The summed E-state index contributed by atoms with van der Waals surface area (Å²) in [6, 6.07) is 0. The molecule has 0 unspecified atom stereocenters. The lowest BCUT2D eigenvalue weighted by Gasteiger charge is -2.26. The molecule has 9 nitrogen and oxygen atoms in total. The summed E-state index contributed by atoms with van der Waals surface area (Å²) >= 11 is 5.96. The van der Waals surface area contributed by atoms with Crippen molar-refractivity contribution in [2.45, 2.75) is 6.42 Å². The van der Waals surface area contributed by atoms with Crippen LogP contribution in [-0.2, 0) is 11.2 Å². The minimum absolute atomic E-state index is 0.175. The van der Waals surface area contributed by atoms with Crippen LogP contribution < -0.4 is 10.2 Å². The van der Waals surface area contributed by atoms with E-state index in [9.17, 15) is 0 Å². The average molecular weight is 311 g/mol. The van der Waals surface area contributed by atoms with Gasteiger partial charge in [0, 0.05) is 26.1 Å².